The average Bonchev–Trinajstić information content (AvgIpc) is 2.95. The Morgan fingerprint density at radius 3 is 1.29 bits per heavy atom. The highest BCUT2D eigenvalue weighted by molar-refractivity contribution is 6.34. The maximum absolute atomic E-state index is 13.4. The molecule has 0 aliphatic heterocycles. The number of alkyl halides is 6. The maximum atomic E-state index is 13.4. The molecule has 9 nitrogen and oxygen atoms in total. The van der Waals surface area contributed by atoms with Gasteiger partial charge in [0.25, 0.3) is 11.4 Å². The van der Waals surface area contributed by atoms with E-state index >= 15 is 0 Å². The second-order valence-electron chi connectivity index (χ2n) is 8.96. The van der Waals surface area contributed by atoms with Crippen molar-refractivity contribution in [1.82, 2.24) is 0 Å². The molecule has 0 atom stereocenters. The topological polar surface area (TPSA) is 143 Å². The first-order chi connectivity index (χ1) is 21.0. The zero-order chi connectivity index (χ0) is 33.4. The summed E-state index contributed by atoms with van der Waals surface area (Å²) in [5.74, 6) is -0.759. The van der Waals surface area contributed by atoms with Gasteiger partial charge < -0.3 is 4.74 Å². The lowest BCUT2D eigenvalue weighted by Crippen LogP contribution is -2.06. The van der Waals surface area contributed by atoms with Crippen LogP contribution in [-0.2, 0) is 12.4 Å². The van der Waals surface area contributed by atoms with E-state index in [1.807, 2.05) is 0 Å². The van der Waals surface area contributed by atoms with Crippen molar-refractivity contribution < 1.29 is 40.9 Å². The normalized spacial score (nSPS) is 11.4. The number of nitrogens with zero attached hydrogens (tertiary/aromatic N) is 4. The molecule has 0 spiro atoms. The minimum atomic E-state index is -4.91. The van der Waals surface area contributed by atoms with Gasteiger partial charge in [-0.05, 0) is 36.4 Å². The molecule has 4 rings (SSSR count). The summed E-state index contributed by atoms with van der Waals surface area (Å²) in [6.07, 6.45) is -9.83. The van der Waals surface area contributed by atoms with Crippen LogP contribution in [0.5, 0.6) is 11.5 Å². The SMILES string of the molecule is N#Cc1cc(C(F)(F)F)cc(Cl)c1-c1cc([N+](=O)[O-])ccc1Oc1ccc([N+](=O)[O-])cc1-c1c(Cl)cc(C(F)(F)F)cc1C#N. The summed E-state index contributed by atoms with van der Waals surface area (Å²) in [5, 5.41) is 41.1. The summed E-state index contributed by atoms with van der Waals surface area (Å²) in [6.45, 7) is 0. The minimum Gasteiger partial charge on any atom is -0.456 e. The first-order valence-corrected chi connectivity index (χ1v) is 12.6. The van der Waals surface area contributed by atoms with Crippen LogP contribution >= 0.6 is 23.2 Å². The van der Waals surface area contributed by atoms with Gasteiger partial charge in [0.1, 0.15) is 11.5 Å². The van der Waals surface area contributed by atoms with Crippen LogP contribution in [0.3, 0.4) is 0 Å². The Labute approximate surface area is 257 Å². The number of rotatable bonds is 6. The van der Waals surface area contributed by atoms with Gasteiger partial charge in [0.05, 0.1) is 54.3 Å². The van der Waals surface area contributed by atoms with Crippen LogP contribution in [0, 0.1) is 42.9 Å². The third-order valence-corrected chi connectivity index (χ3v) is 6.78. The molecule has 0 N–H and O–H groups in total. The van der Waals surface area contributed by atoms with Crippen LogP contribution < -0.4 is 4.74 Å². The number of halogens is 8. The molecule has 4 aromatic rings. The summed E-state index contributed by atoms with van der Waals surface area (Å²) >= 11 is 12.3. The molecule has 228 valence electrons. The molecular formula is C28H10Cl2F6N4O5. The Kier molecular flexibility index (Phi) is 8.64. The molecule has 0 amide bonds. The van der Waals surface area contributed by atoms with Crippen molar-refractivity contribution in [3.8, 4) is 45.9 Å². The van der Waals surface area contributed by atoms with Gasteiger partial charge in [0.15, 0.2) is 0 Å². The highest BCUT2D eigenvalue weighted by atomic mass is 35.5. The quantitative estimate of drug-likeness (QED) is 0.113. The van der Waals surface area contributed by atoms with E-state index in [9.17, 15) is 57.1 Å². The number of nitro groups is 2. The first kappa shape index (κ1) is 32.5. The molecule has 0 aliphatic rings. The molecule has 0 fully saturated rings. The smallest absolute Gasteiger partial charge is 0.416 e. The van der Waals surface area contributed by atoms with Crippen molar-refractivity contribution in [1.29, 1.82) is 10.5 Å². The van der Waals surface area contributed by atoms with E-state index < -0.39 is 77.0 Å². The first-order valence-electron chi connectivity index (χ1n) is 11.8. The number of nitro benzene ring substituents is 2. The van der Waals surface area contributed by atoms with E-state index in [0.717, 1.165) is 36.4 Å². The molecule has 0 heterocycles. The molecule has 0 bridgehead atoms. The zero-order valence-electron chi connectivity index (χ0n) is 21.6. The summed E-state index contributed by atoms with van der Waals surface area (Å²) in [5.41, 5.74) is -6.61. The van der Waals surface area contributed by atoms with Crippen molar-refractivity contribution in [3.63, 3.8) is 0 Å². The predicted octanol–water partition coefficient (Wildman–Crippen LogP) is 9.72. The molecule has 0 aromatic heterocycles. The van der Waals surface area contributed by atoms with Gasteiger partial charge in [-0.25, -0.2) is 0 Å². The number of benzene rings is 4. The lowest BCUT2D eigenvalue weighted by molar-refractivity contribution is -0.385. The molecule has 45 heavy (non-hydrogen) atoms. The second kappa shape index (κ2) is 12.0. The van der Waals surface area contributed by atoms with Crippen LogP contribution in [0.1, 0.15) is 22.3 Å². The van der Waals surface area contributed by atoms with Crippen LogP contribution in [0.2, 0.25) is 10.0 Å². The van der Waals surface area contributed by atoms with Crippen LogP contribution in [0.15, 0.2) is 60.7 Å². The molecule has 17 heteroatoms. The Hall–Kier alpha value is -5.38. The molecular weight excluding hydrogens is 657 g/mol. The minimum absolute atomic E-state index is 0.359. The van der Waals surface area contributed by atoms with Crippen LogP contribution in [-0.4, -0.2) is 9.85 Å². The second-order valence-corrected chi connectivity index (χ2v) is 9.77. The predicted molar refractivity (Wildman–Crippen MR) is 147 cm³/mol. The van der Waals surface area contributed by atoms with Gasteiger partial charge in [-0.2, -0.15) is 36.9 Å². The summed E-state index contributed by atoms with van der Waals surface area (Å²) in [6, 6.07) is 10.5. The molecule has 0 saturated carbocycles. The van der Waals surface area contributed by atoms with Crippen LogP contribution in [0.4, 0.5) is 37.7 Å². The average molecular weight is 667 g/mol. The van der Waals surface area contributed by atoms with Crippen LogP contribution in [0.25, 0.3) is 22.3 Å². The maximum Gasteiger partial charge on any atom is 0.416 e. The van der Waals surface area contributed by atoms with E-state index in [1.54, 1.807) is 12.1 Å². The largest absolute Gasteiger partial charge is 0.456 e. The fourth-order valence-corrected chi connectivity index (χ4v) is 4.86. The monoisotopic (exact) mass is 666 g/mol. The van der Waals surface area contributed by atoms with Gasteiger partial charge in [-0.15, -0.1) is 0 Å². The summed E-state index contributed by atoms with van der Waals surface area (Å²) in [4.78, 5) is 21.4. The standard InChI is InChI=1S/C28H10Cl2F6N4O5/c29-21-7-15(27(31,32)33)5-13(11-37)25(21)19-9-17(39(41)42)1-3-23(19)45-24-4-2-18(40(43)44)10-20(24)26-14(12-38)6-16(8-22(26)30)28(34,35)36/h1-10H. The van der Waals surface area contributed by atoms with E-state index in [-0.39, 0.29) is 22.6 Å². The number of ether oxygens (including phenoxy) is 1. The third kappa shape index (κ3) is 6.59. The van der Waals surface area contributed by atoms with Crippen molar-refractivity contribution in [2.24, 2.45) is 0 Å². The zero-order valence-corrected chi connectivity index (χ0v) is 23.1. The van der Waals surface area contributed by atoms with Gasteiger partial charge in [0, 0.05) is 46.5 Å². The van der Waals surface area contributed by atoms with Gasteiger partial charge in [-0.1, -0.05) is 23.2 Å². The van der Waals surface area contributed by atoms with E-state index in [0.29, 0.717) is 24.3 Å². The highest BCUT2D eigenvalue weighted by Crippen LogP contribution is 2.47. The molecule has 0 aliphatic carbocycles. The van der Waals surface area contributed by atoms with E-state index in [4.69, 9.17) is 27.9 Å². The van der Waals surface area contributed by atoms with E-state index in [1.165, 1.54) is 0 Å². The summed E-state index contributed by atoms with van der Waals surface area (Å²) in [7, 11) is 0. The Morgan fingerprint density at radius 2 is 1.00 bits per heavy atom. The lowest BCUT2D eigenvalue weighted by atomic mass is 9.95. The molecule has 0 radical (unpaired) electrons. The van der Waals surface area contributed by atoms with Gasteiger partial charge in [0.2, 0.25) is 0 Å². The Morgan fingerprint density at radius 1 is 0.644 bits per heavy atom. The molecule has 0 unspecified atom stereocenters. The number of non-ortho nitro benzene ring substituents is 2. The highest BCUT2D eigenvalue weighted by Gasteiger charge is 2.34. The Balaban J connectivity index is 2.02. The van der Waals surface area contributed by atoms with E-state index in [2.05, 4.69) is 0 Å². The number of nitriles is 2. The number of hydrogen-bond donors (Lipinski definition) is 0. The molecule has 4 aromatic carbocycles. The van der Waals surface area contributed by atoms with Crippen molar-refractivity contribution in [2.45, 2.75) is 12.4 Å². The van der Waals surface area contributed by atoms with Crippen molar-refractivity contribution in [3.05, 3.63) is 113 Å². The van der Waals surface area contributed by atoms with Crippen molar-refractivity contribution >= 4 is 34.6 Å². The number of hydrogen-bond acceptors (Lipinski definition) is 7. The van der Waals surface area contributed by atoms with Crippen molar-refractivity contribution in [2.75, 3.05) is 0 Å². The third-order valence-electron chi connectivity index (χ3n) is 6.18. The fraction of sp³-hybridized carbons (Fsp3) is 0.0714. The summed E-state index contributed by atoms with van der Waals surface area (Å²) < 4.78 is 86.3. The van der Waals surface area contributed by atoms with Gasteiger partial charge in [-0.3, -0.25) is 20.2 Å². The lowest BCUT2D eigenvalue weighted by Gasteiger charge is -2.18. The fourth-order valence-electron chi connectivity index (χ4n) is 4.21. The van der Waals surface area contributed by atoms with Gasteiger partial charge >= 0.3 is 12.4 Å². The molecule has 0 saturated heterocycles. The Bertz CT molecular complexity index is 1840.